The molecule has 1 N–H and O–H groups in total. The molecule has 4 heteroatoms. The Kier molecular flexibility index (Phi) is 6.94. The number of rotatable bonds is 7. The lowest BCUT2D eigenvalue weighted by molar-refractivity contribution is -0.116. The molecule has 2 aromatic rings. The highest BCUT2D eigenvalue weighted by atomic mass is 35.5. The van der Waals surface area contributed by atoms with Crippen molar-refractivity contribution >= 4 is 34.8 Å². The molecule has 122 valence electrons. The molecule has 0 aliphatic heterocycles. The van der Waals surface area contributed by atoms with E-state index < -0.39 is 0 Å². The van der Waals surface area contributed by atoms with Gasteiger partial charge in [-0.2, -0.15) is 0 Å². The Bertz CT molecular complexity index is 633. The van der Waals surface area contributed by atoms with Gasteiger partial charge in [-0.3, -0.25) is 4.79 Å². The van der Waals surface area contributed by atoms with Crippen LogP contribution < -0.4 is 5.32 Å². The van der Waals surface area contributed by atoms with Gasteiger partial charge in [0.15, 0.2) is 0 Å². The van der Waals surface area contributed by atoms with Crippen molar-refractivity contribution in [1.29, 1.82) is 0 Å². The first-order valence-corrected chi connectivity index (χ1v) is 8.67. The lowest BCUT2D eigenvalue weighted by Gasteiger charge is -2.08. The summed E-state index contributed by atoms with van der Waals surface area (Å²) in [5, 5.41) is 4.11. The molecule has 0 unspecified atom stereocenters. The number of benzene rings is 2. The van der Waals surface area contributed by atoms with Crippen molar-refractivity contribution < 1.29 is 4.79 Å². The Balaban J connectivity index is 1.87. The summed E-state index contributed by atoms with van der Waals surface area (Å²) in [6.45, 7) is 2.18. The molecule has 0 atom stereocenters. The molecule has 0 saturated carbocycles. The second-order valence-electron chi connectivity index (χ2n) is 5.55. The first-order valence-electron chi connectivity index (χ1n) is 7.92. The maximum atomic E-state index is 12.1. The molecule has 0 aliphatic rings. The van der Waals surface area contributed by atoms with Gasteiger partial charge in [0, 0.05) is 22.2 Å². The zero-order chi connectivity index (χ0) is 16.7. The molecule has 2 aromatic carbocycles. The molecule has 0 heterocycles. The topological polar surface area (TPSA) is 29.1 Å². The number of carbonyl (C=O) groups is 1. The second kappa shape index (κ2) is 8.95. The molecular weight excluding hydrogens is 329 g/mol. The van der Waals surface area contributed by atoms with Crippen molar-refractivity contribution in [1.82, 2.24) is 0 Å². The normalized spacial score (nSPS) is 10.6. The highest BCUT2D eigenvalue weighted by Crippen LogP contribution is 2.25. The van der Waals surface area contributed by atoms with Crippen LogP contribution in [0.15, 0.2) is 42.5 Å². The Morgan fingerprint density at radius 3 is 2.26 bits per heavy atom. The van der Waals surface area contributed by atoms with Gasteiger partial charge in [0.2, 0.25) is 5.91 Å². The fourth-order valence-corrected chi connectivity index (χ4v) is 2.96. The molecule has 2 rings (SSSR count). The summed E-state index contributed by atoms with van der Waals surface area (Å²) >= 11 is 12.2. The number of halogens is 2. The predicted octanol–water partition coefficient (Wildman–Crippen LogP) is 5.91. The number of nitrogens with one attached hydrogen (secondary N) is 1. The largest absolute Gasteiger partial charge is 0.326 e. The van der Waals surface area contributed by atoms with Gasteiger partial charge in [-0.15, -0.1) is 0 Å². The number of anilines is 1. The summed E-state index contributed by atoms with van der Waals surface area (Å²) in [6, 6.07) is 13.4. The molecule has 0 fully saturated rings. The number of unbranched alkanes of at least 4 members (excludes halogenated alkanes) is 1. The van der Waals surface area contributed by atoms with Crippen molar-refractivity contribution in [2.24, 2.45) is 0 Å². The second-order valence-corrected chi connectivity index (χ2v) is 6.36. The molecule has 23 heavy (non-hydrogen) atoms. The molecule has 1 amide bonds. The molecule has 0 bridgehead atoms. The number of hydrogen-bond acceptors (Lipinski definition) is 1. The maximum absolute atomic E-state index is 12.1. The van der Waals surface area contributed by atoms with Crippen molar-refractivity contribution in [3.05, 3.63) is 63.6 Å². The van der Waals surface area contributed by atoms with Gasteiger partial charge in [-0.1, -0.05) is 54.7 Å². The van der Waals surface area contributed by atoms with Gasteiger partial charge in [0.1, 0.15) is 0 Å². The first kappa shape index (κ1) is 17.8. The SMILES string of the molecule is CCCCc1ccc(NC(=O)CCc2c(Cl)cccc2Cl)cc1. The van der Waals surface area contributed by atoms with E-state index in [1.165, 1.54) is 18.4 Å². The third kappa shape index (κ3) is 5.56. The van der Waals surface area contributed by atoms with E-state index in [1.54, 1.807) is 18.2 Å². The van der Waals surface area contributed by atoms with Crippen molar-refractivity contribution in [2.45, 2.75) is 39.0 Å². The lowest BCUT2D eigenvalue weighted by Crippen LogP contribution is -2.12. The number of aryl methyl sites for hydroxylation is 1. The van der Waals surface area contributed by atoms with Gasteiger partial charge >= 0.3 is 0 Å². The van der Waals surface area contributed by atoms with Crippen LogP contribution >= 0.6 is 23.2 Å². The Labute approximate surface area is 147 Å². The van der Waals surface area contributed by atoms with E-state index in [9.17, 15) is 4.79 Å². The molecule has 0 aromatic heterocycles. The predicted molar refractivity (Wildman–Crippen MR) is 98.5 cm³/mol. The molecule has 0 spiro atoms. The molecular formula is C19H21Cl2NO. The summed E-state index contributed by atoms with van der Waals surface area (Å²) in [7, 11) is 0. The van der Waals surface area contributed by atoms with E-state index in [0.29, 0.717) is 22.9 Å². The maximum Gasteiger partial charge on any atom is 0.224 e. The average molecular weight is 350 g/mol. The summed E-state index contributed by atoms with van der Waals surface area (Å²) < 4.78 is 0. The van der Waals surface area contributed by atoms with Gasteiger partial charge < -0.3 is 5.32 Å². The summed E-state index contributed by atoms with van der Waals surface area (Å²) in [4.78, 5) is 12.1. The Hall–Kier alpha value is -1.51. The number of hydrogen-bond donors (Lipinski definition) is 1. The van der Waals surface area contributed by atoms with Crippen LogP contribution in [0.25, 0.3) is 0 Å². The smallest absolute Gasteiger partial charge is 0.224 e. The van der Waals surface area contributed by atoms with E-state index in [0.717, 1.165) is 17.7 Å². The first-order chi connectivity index (χ1) is 11.1. The zero-order valence-corrected chi connectivity index (χ0v) is 14.8. The van der Waals surface area contributed by atoms with E-state index in [1.807, 2.05) is 12.1 Å². The van der Waals surface area contributed by atoms with Gasteiger partial charge in [-0.25, -0.2) is 0 Å². The van der Waals surface area contributed by atoms with Crippen molar-refractivity contribution in [2.75, 3.05) is 5.32 Å². The van der Waals surface area contributed by atoms with Crippen LogP contribution in [0.4, 0.5) is 5.69 Å². The van der Waals surface area contributed by atoms with Gasteiger partial charge in [-0.05, 0) is 54.7 Å². The average Bonchev–Trinajstić information content (AvgIpc) is 2.54. The van der Waals surface area contributed by atoms with Crippen LogP contribution in [-0.4, -0.2) is 5.91 Å². The molecule has 0 saturated heterocycles. The number of carbonyl (C=O) groups excluding carboxylic acids is 1. The number of amides is 1. The lowest BCUT2D eigenvalue weighted by atomic mass is 10.1. The standard InChI is InChI=1S/C19H21Cl2NO/c1-2-3-5-14-8-10-15(11-9-14)22-19(23)13-12-16-17(20)6-4-7-18(16)21/h4,6-11H,2-3,5,12-13H2,1H3,(H,22,23). The Morgan fingerprint density at radius 2 is 1.65 bits per heavy atom. The van der Waals surface area contributed by atoms with Crippen LogP contribution in [0.3, 0.4) is 0 Å². The van der Waals surface area contributed by atoms with Crippen molar-refractivity contribution in [3.63, 3.8) is 0 Å². The summed E-state index contributed by atoms with van der Waals surface area (Å²) in [6.07, 6.45) is 4.32. The van der Waals surface area contributed by atoms with Crippen LogP contribution in [-0.2, 0) is 17.6 Å². The third-order valence-electron chi connectivity index (χ3n) is 3.72. The van der Waals surface area contributed by atoms with Crippen LogP contribution in [0.5, 0.6) is 0 Å². The minimum Gasteiger partial charge on any atom is -0.326 e. The fraction of sp³-hybridized carbons (Fsp3) is 0.316. The highest BCUT2D eigenvalue weighted by Gasteiger charge is 2.09. The monoisotopic (exact) mass is 349 g/mol. The van der Waals surface area contributed by atoms with E-state index in [4.69, 9.17) is 23.2 Å². The molecule has 0 aliphatic carbocycles. The summed E-state index contributed by atoms with van der Waals surface area (Å²) in [5.41, 5.74) is 2.94. The third-order valence-corrected chi connectivity index (χ3v) is 4.43. The minimum atomic E-state index is -0.0395. The molecule has 2 nitrogen and oxygen atoms in total. The van der Waals surface area contributed by atoms with Crippen LogP contribution in [0.1, 0.15) is 37.3 Å². The summed E-state index contributed by atoms with van der Waals surface area (Å²) in [5.74, 6) is -0.0395. The molecule has 0 radical (unpaired) electrons. The Morgan fingerprint density at radius 1 is 1.00 bits per heavy atom. The van der Waals surface area contributed by atoms with E-state index in [-0.39, 0.29) is 5.91 Å². The van der Waals surface area contributed by atoms with Gasteiger partial charge in [0.25, 0.3) is 0 Å². The van der Waals surface area contributed by atoms with Gasteiger partial charge in [0.05, 0.1) is 0 Å². The highest BCUT2D eigenvalue weighted by molar-refractivity contribution is 6.36. The van der Waals surface area contributed by atoms with Crippen molar-refractivity contribution in [3.8, 4) is 0 Å². The van der Waals surface area contributed by atoms with Crippen LogP contribution in [0, 0.1) is 0 Å². The van der Waals surface area contributed by atoms with Crippen LogP contribution in [0.2, 0.25) is 10.0 Å². The minimum absolute atomic E-state index is 0.0395. The zero-order valence-electron chi connectivity index (χ0n) is 13.2. The van der Waals surface area contributed by atoms with E-state index >= 15 is 0 Å². The van der Waals surface area contributed by atoms with E-state index in [2.05, 4.69) is 24.4 Å². The fourth-order valence-electron chi connectivity index (χ4n) is 2.37. The quantitative estimate of drug-likeness (QED) is 0.661.